The van der Waals surface area contributed by atoms with Crippen molar-refractivity contribution in [2.75, 3.05) is 0 Å². The number of hydrogen-bond donors (Lipinski definition) is 0. The summed E-state index contributed by atoms with van der Waals surface area (Å²) in [6, 6.07) is 70.1. The van der Waals surface area contributed by atoms with E-state index in [-0.39, 0.29) is 28.6 Å². The quantitative estimate of drug-likeness (QED) is 0.147. The Morgan fingerprint density at radius 2 is 0.681 bits per heavy atom. The lowest BCUT2D eigenvalue weighted by Crippen LogP contribution is -2.13. The Bertz CT molecular complexity index is 3920. The van der Waals surface area contributed by atoms with Crippen LogP contribution < -0.4 is 0 Å². The molecule has 0 aliphatic heterocycles. The fraction of sp³-hybridized carbons (Fsp3) is 0.0317. The predicted octanol–water partition coefficient (Wildman–Crippen LogP) is 18.1. The topological polar surface area (TPSA) is 33.6 Å². The summed E-state index contributed by atoms with van der Waals surface area (Å²) in [6.45, 7) is 0. The van der Waals surface area contributed by atoms with E-state index in [1.54, 1.807) is 12.1 Å². The molecular weight excluding hydrogens is 913 g/mol. The van der Waals surface area contributed by atoms with Crippen molar-refractivity contribution in [3.63, 3.8) is 0 Å². The molecule has 2 heterocycles. The summed E-state index contributed by atoms with van der Waals surface area (Å²) in [7, 11) is 0. The highest BCUT2D eigenvalue weighted by Gasteiger charge is 2.39. The summed E-state index contributed by atoms with van der Waals surface area (Å²) in [5.74, 6) is 0. The van der Waals surface area contributed by atoms with Gasteiger partial charge in [-0.25, -0.2) is 0 Å². The third-order valence-electron chi connectivity index (χ3n) is 13.6. The van der Waals surface area contributed by atoms with Crippen LogP contribution in [0.3, 0.4) is 0 Å². The molecule has 0 aliphatic carbocycles. The molecule has 0 unspecified atom stereocenters. The molecule has 0 radical (unpaired) electrons. The van der Waals surface area contributed by atoms with E-state index in [1.165, 1.54) is 0 Å². The third-order valence-corrected chi connectivity index (χ3v) is 13.6. The molecule has 3 nitrogen and oxygen atoms in total. The summed E-state index contributed by atoms with van der Waals surface area (Å²) >= 11 is 0. The summed E-state index contributed by atoms with van der Waals surface area (Å²) in [5.41, 5.74) is 6.72. The van der Waals surface area contributed by atoms with Gasteiger partial charge in [-0.05, 0) is 98.6 Å². The van der Waals surface area contributed by atoms with Crippen LogP contribution in [0.5, 0.6) is 0 Å². The van der Waals surface area contributed by atoms with E-state index in [0.717, 1.165) is 72.1 Å². The molecule has 0 bridgehead atoms. The molecule has 346 valence electrons. The molecule has 72 heavy (non-hydrogen) atoms. The number of hydrogen-bond acceptors (Lipinski definition) is 1. The Morgan fingerprint density at radius 3 is 1.01 bits per heavy atom. The van der Waals surface area contributed by atoms with E-state index in [9.17, 15) is 18.4 Å². The molecule has 0 spiro atoms. The average Bonchev–Trinajstić information content (AvgIpc) is 3.91. The summed E-state index contributed by atoms with van der Waals surface area (Å²) < 4.78 is 94.1. The molecule has 12 rings (SSSR count). The largest absolute Gasteiger partial charge is 0.417 e. The van der Waals surface area contributed by atoms with Gasteiger partial charge < -0.3 is 9.13 Å². The highest BCUT2D eigenvalue weighted by Crippen LogP contribution is 2.47. The highest BCUT2D eigenvalue weighted by atomic mass is 19.4. The van der Waals surface area contributed by atoms with Crippen molar-refractivity contribution in [1.29, 1.82) is 5.26 Å². The minimum Gasteiger partial charge on any atom is -0.309 e. The zero-order valence-electron chi connectivity index (χ0n) is 38.0. The molecule has 9 heteroatoms. The molecule has 0 saturated carbocycles. The van der Waals surface area contributed by atoms with Gasteiger partial charge in [0.15, 0.2) is 0 Å². The Hall–Kier alpha value is -9.13. The van der Waals surface area contributed by atoms with Crippen LogP contribution >= 0.6 is 0 Å². The maximum atomic E-state index is 15.7. The number of nitriles is 1. The van der Waals surface area contributed by atoms with E-state index in [4.69, 9.17) is 0 Å². The molecule has 2 aromatic heterocycles. The first-order valence-electron chi connectivity index (χ1n) is 23.2. The Morgan fingerprint density at radius 1 is 0.319 bits per heavy atom. The van der Waals surface area contributed by atoms with Crippen molar-refractivity contribution >= 4 is 43.6 Å². The lowest BCUT2D eigenvalue weighted by atomic mass is 9.93. The molecule has 0 saturated heterocycles. The van der Waals surface area contributed by atoms with Gasteiger partial charge in [-0.15, -0.1) is 0 Å². The van der Waals surface area contributed by atoms with Gasteiger partial charge in [0.05, 0.1) is 50.1 Å². The second kappa shape index (κ2) is 17.1. The van der Waals surface area contributed by atoms with E-state index in [2.05, 4.69) is 6.07 Å². The highest BCUT2D eigenvalue weighted by molar-refractivity contribution is 6.13. The van der Waals surface area contributed by atoms with Gasteiger partial charge in [0, 0.05) is 27.1 Å². The lowest BCUT2D eigenvalue weighted by molar-refractivity contribution is -0.142. The van der Waals surface area contributed by atoms with E-state index < -0.39 is 29.0 Å². The summed E-state index contributed by atoms with van der Waals surface area (Å²) in [4.78, 5) is 0. The standard InChI is InChI=1S/C63H37F6N3/c64-62(65,66)48-25-30-49(55(36-48)63(67,68)69)54-37-56(71-57-31-43(39-13-5-1-6-14-39)21-26-50(57)51-27-22-44(32-58(51)71)40-15-7-2-8-16-40)47(38-70)35-61(54)72-59-33-45(41-17-9-3-10-18-41)23-28-52(59)53-29-24-46(34-60(53)72)42-19-11-4-12-20-42/h1-37H. The molecule has 12 aromatic rings. The van der Waals surface area contributed by atoms with Crippen molar-refractivity contribution in [1.82, 2.24) is 9.13 Å². The Balaban J connectivity index is 1.24. The smallest absolute Gasteiger partial charge is 0.309 e. The zero-order valence-corrected chi connectivity index (χ0v) is 38.0. The van der Waals surface area contributed by atoms with Crippen molar-refractivity contribution in [3.05, 3.63) is 241 Å². The number of rotatable bonds is 7. The van der Waals surface area contributed by atoms with Crippen molar-refractivity contribution in [3.8, 4) is 73.1 Å². The fourth-order valence-corrected chi connectivity index (χ4v) is 10.2. The lowest BCUT2D eigenvalue weighted by Gasteiger charge is -2.22. The van der Waals surface area contributed by atoms with Crippen LogP contribution in [-0.4, -0.2) is 9.13 Å². The summed E-state index contributed by atoms with van der Waals surface area (Å²) in [5, 5.41) is 14.7. The van der Waals surface area contributed by atoms with Crippen molar-refractivity contribution < 1.29 is 26.3 Å². The number of aromatic nitrogens is 2. The molecule has 10 aromatic carbocycles. The SMILES string of the molecule is N#Cc1cc(-n2c3cc(-c4ccccc4)ccc3c3ccc(-c4ccccc4)cc32)c(-c2ccc(C(F)(F)F)cc2C(F)(F)F)cc1-n1c2cc(-c3ccccc3)ccc2c2ccc(-c3ccccc3)cc21. The maximum Gasteiger partial charge on any atom is 0.417 e. The van der Waals surface area contributed by atoms with Gasteiger partial charge in [0.1, 0.15) is 6.07 Å². The first-order valence-corrected chi connectivity index (χ1v) is 23.2. The Labute approximate surface area is 409 Å². The van der Waals surface area contributed by atoms with Crippen LogP contribution in [-0.2, 0) is 12.4 Å². The van der Waals surface area contributed by atoms with Gasteiger partial charge in [-0.3, -0.25) is 0 Å². The van der Waals surface area contributed by atoms with Crippen LogP contribution in [0.15, 0.2) is 224 Å². The van der Waals surface area contributed by atoms with Crippen LogP contribution in [0, 0.1) is 11.3 Å². The van der Waals surface area contributed by atoms with Gasteiger partial charge in [0.2, 0.25) is 0 Å². The maximum absolute atomic E-state index is 15.7. The minimum absolute atomic E-state index is 0.0347. The monoisotopic (exact) mass is 949 g/mol. The average molecular weight is 950 g/mol. The fourth-order valence-electron chi connectivity index (χ4n) is 10.2. The summed E-state index contributed by atoms with van der Waals surface area (Å²) in [6.07, 6.45) is -10.3. The van der Waals surface area contributed by atoms with Crippen LogP contribution in [0.4, 0.5) is 26.3 Å². The number of nitrogens with zero attached hydrogens (tertiary/aromatic N) is 3. The van der Waals surface area contributed by atoms with Gasteiger partial charge in [-0.1, -0.05) is 176 Å². The molecule has 0 fully saturated rings. The molecular formula is C63H37F6N3. The zero-order chi connectivity index (χ0) is 49.3. The van der Waals surface area contributed by atoms with E-state index in [0.29, 0.717) is 28.1 Å². The second-order valence-corrected chi connectivity index (χ2v) is 17.8. The van der Waals surface area contributed by atoms with Crippen LogP contribution in [0.25, 0.3) is 111 Å². The van der Waals surface area contributed by atoms with Gasteiger partial charge in [0.25, 0.3) is 0 Å². The Kier molecular flexibility index (Phi) is 10.5. The molecule has 0 aliphatic rings. The van der Waals surface area contributed by atoms with Gasteiger partial charge >= 0.3 is 12.4 Å². The number of benzene rings is 10. The van der Waals surface area contributed by atoms with Crippen LogP contribution in [0.2, 0.25) is 0 Å². The van der Waals surface area contributed by atoms with Crippen molar-refractivity contribution in [2.24, 2.45) is 0 Å². The number of alkyl halides is 6. The third kappa shape index (κ3) is 7.56. The van der Waals surface area contributed by atoms with Crippen molar-refractivity contribution in [2.45, 2.75) is 12.4 Å². The molecule has 0 N–H and O–H groups in total. The number of halogens is 6. The predicted molar refractivity (Wildman–Crippen MR) is 277 cm³/mol. The van der Waals surface area contributed by atoms with Crippen LogP contribution in [0.1, 0.15) is 16.7 Å². The number of fused-ring (bicyclic) bond motifs is 6. The second-order valence-electron chi connectivity index (χ2n) is 17.8. The molecule has 0 atom stereocenters. The first kappa shape index (κ1) is 44.1. The molecule has 0 amide bonds. The van der Waals surface area contributed by atoms with E-state index >= 15 is 13.2 Å². The van der Waals surface area contributed by atoms with Gasteiger partial charge in [-0.2, -0.15) is 31.6 Å². The van der Waals surface area contributed by atoms with E-state index in [1.807, 2.05) is 203 Å². The minimum atomic E-state index is -5.23. The first-order chi connectivity index (χ1) is 34.9. The normalized spacial score (nSPS) is 12.0.